The molecule has 1 heterocycles. The summed E-state index contributed by atoms with van der Waals surface area (Å²) in [5, 5.41) is 25.7. The van der Waals surface area contributed by atoms with E-state index in [1.807, 2.05) is 0 Å². The number of carbonyl (C=O) groups is 7. The van der Waals surface area contributed by atoms with E-state index in [0.717, 1.165) is 12.8 Å². The summed E-state index contributed by atoms with van der Waals surface area (Å²) < 4.78 is 0. The van der Waals surface area contributed by atoms with E-state index in [4.69, 9.17) is 15.1 Å². The molecule has 5 amide bonds. The van der Waals surface area contributed by atoms with Crippen molar-refractivity contribution in [3.8, 4) is 0 Å². The highest BCUT2D eigenvalue weighted by molar-refractivity contribution is 6.01. The maximum atomic E-state index is 11.9. The zero-order valence-corrected chi connectivity index (χ0v) is 20.8. The highest BCUT2D eigenvalue weighted by Crippen LogP contribution is 2.14. The molecule has 14 heteroatoms. The Labute approximate surface area is 214 Å². The zero-order chi connectivity index (χ0) is 27.6. The molecular formula is C23H36N4O10. The van der Waals surface area contributed by atoms with Gasteiger partial charge >= 0.3 is 23.9 Å². The maximum absolute atomic E-state index is 11.9. The number of carbonyl (C=O) groups excluding carboxylic acids is 5. The quantitative estimate of drug-likeness (QED) is 0.118. The number of hydrogen-bond acceptors (Lipinski definition) is 8. The second-order valence-electron chi connectivity index (χ2n) is 8.59. The number of nitrogens with zero attached hydrogens (tertiary/aromatic N) is 1. The summed E-state index contributed by atoms with van der Waals surface area (Å²) in [6, 6.07) is -1.96. The first-order valence-corrected chi connectivity index (χ1v) is 12.4. The van der Waals surface area contributed by atoms with Crippen LogP contribution in [-0.4, -0.2) is 76.1 Å². The number of hydrogen-bond donors (Lipinski definition) is 5. The molecule has 1 fully saturated rings. The second-order valence-corrected chi connectivity index (χ2v) is 8.59. The molecule has 0 unspecified atom stereocenters. The summed E-state index contributed by atoms with van der Waals surface area (Å²) in [5.74, 6) is -4.17. The van der Waals surface area contributed by atoms with E-state index >= 15 is 0 Å². The van der Waals surface area contributed by atoms with Gasteiger partial charge in [-0.1, -0.05) is 12.8 Å². The SMILES string of the molecule is O=C(O)CC[C@H](NC(=O)NCCCCCNC(=O)CCCCCCC(=O)ON1C(=O)CCC1=O)C(=O)O. The minimum absolute atomic E-state index is 0.0550. The van der Waals surface area contributed by atoms with Crippen molar-refractivity contribution in [1.82, 2.24) is 21.0 Å². The van der Waals surface area contributed by atoms with Crippen LogP contribution in [0.4, 0.5) is 4.79 Å². The Kier molecular flexibility index (Phi) is 15.0. The average Bonchev–Trinajstić information content (AvgIpc) is 3.14. The number of urea groups is 1. The van der Waals surface area contributed by atoms with Gasteiger partial charge < -0.3 is 31.0 Å². The lowest BCUT2D eigenvalue weighted by Gasteiger charge is -2.14. The lowest BCUT2D eigenvalue weighted by molar-refractivity contribution is -0.197. The number of imide groups is 1. The average molecular weight is 529 g/mol. The molecule has 1 atom stereocenters. The number of aliphatic carboxylic acids is 2. The van der Waals surface area contributed by atoms with Crippen molar-refractivity contribution in [2.75, 3.05) is 13.1 Å². The molecule has 0 aromatic carbocycles. The van der Waals surface area contributed by atoms with Crippen molar-refractivity contribution in [2.45, 2.75) is 89.5 Å². The van der Waals surface area contributed by atoms with Crippen molar-refractivity contribution in [2.24, 2.45) is 0 Å². The highest BCUT2D eigenvalue weighted by atomic mass is 16.7. The van der Waals surface area contributed by atoms with Gasteiger partial charge in [0.05, 0.1) is 0 Å². The highest BCUT2D eigenvalue weighted by Gasteiger charge is 2.32. The Morgan fingerprint density at radius 1 is 0.784 bits per heavy atom. The maximum Gasteiger partial charge on any atom is 0.333 e. The Bertz CT molecular complexity index is 816. The van der Waals surface area contributed by atoms with Gasteiger partial charge in [-0.2, -0.15) is 0 Å². The normalized spacial score (nSPS) is 13.7. The fourth-order valence-corrected chi connectivity index (χ4v) is 3.39. The summed E-state index contributed by atoms with van der Waals surface area (Å²) in [4.78, 5) is 84.4. The second kappa shape index (κ2) is 17.7. The fraction of sp³-hybridized carbons (Fsp3) is 0.696. The van der Waals surface area contributed by atoms with Crippen molar-refractivity contribution < 1.29 is 48.6 Å². The molecule has 0 bridgehead atoms. The minimum atomic E-state index is -1.30. The van der Waals surface area contributed by atoms with Gasteiger partial charge in [0.25, 0.3) is 11.8 Å². The summed E-state index contributed by atoms with van der Waals surface area (Å²) in [7, 11) is 0. The van der Waals surface area contributed by atoms with E-state index in [2.05, 4.69) is 16.0 Å². The molecule has 1 saturated heterocycles. The van der Waals surface area contributed by atoms with Crippen LogP contribution in [-0.2, 0) is 33.6 Å². The number of carboxylic acid groups (broad SMARTS) is 2. The van der Waals surface area contributed by atoms with Gasteiger partial charge in [0.15, 0.2) is 0 Å². The molecule has 0 spiro atoms. The molecule has 0 saturated carbocycles. The van der Waals surface area contributed by atoms with Crippen LogP contribution in [0.3, 0.4) is 0 Å². The zero-order valence-electron chi connectivity index (χ0n) is 20.8. The van der Waals surface area contributed by atoms with Gasteiger partial charge in [0.2, 0.25) is 5.91 Å². The predicted molar refractivity (Wildman–Crippen MR) is 127 cm³/mol. The molecule has 37 heavy (non-hydrogen) atoms. The lowest BCUT2D eigenvalue weighted by Crippen LogP contribution is -2.46. The molecule has 0 radical (unpaired) electrons. The first-order valence-electron chi connectivity index (χ1n) is 12.4. The van der Waals surface area contributed by atoms with Gasteiger partial charge in [-0.3, -0.25) is 19.2 Å². The van der Waals surface area contributed by atoms with Crippen molar-refractivity contribution in [1.29, 1.82) is 0 Å². The smallest absolute Gasteiger partial charge is 0.333 e. The monoisotopic (exact) mass is 528 g/mol. The molecule has 1 aliphatic rings. The van der Waals surface area contributed by atoms with E-state index in [1.54, 1.807) is 0 Å². The van der Waals surface area contributed by atoms with Gasteiger partial charge in [0.1, 0.15) is 6.04 Å². The van der Waals surface area contributed by atoms with Gasteiger partial charge in [0, 0.05) is 45.2 Å². The summed E-state index contributed by atoms with van der Waals surface area (Å²) >= 11 is 0. The van der Waals surface area contributed by atoms with E-state index in [0.29, 0.717) is 56.7 Å². The van der Waals surface area contributed by atoms with Crippen LogP contribution in [0.5, 0.6) is 0 Å². The first-order chi connectivity index (χ1) is 17.6. The Balaban J connectivity index is 1.97. The van der Waals surface area contributed by atoms with Crippen molar-refractivity contribution in [3.05, 3.63) is 0 Å². The van der Waals surface area contributed by atoms with Gasteiger partial charge in [-0.15, -0.1) is 5.06 Å². The van der Waals surface area contributed by atoms with Crippen LogP contribution in [0.2, 0.25) is 0 Å². The lowest BCUT2D eigenvalue weighted by atomic mass is 10.1. The van der Waals surface area contributed by atoms with Gasteiger partial charge in [-0.05, 0) is 38.5 Å². The van der Waals surface area contributed by atoms with E-state index in [-0.39, 0.29) is 38.0 Å². The van der Waals surface area contributed by atoms with Crippen LogP contribution >= 0.6 is 0 Å². The van der Waals surface area contributed by atoms with Crippen LogP contribution < -0.4 is 16.0 Å². The minimum Gasteiger partial charge on any atom is -0.481 e. The Hall–Kier alpha value is -3.71. The molecule has 0 aromatic heterocycles. The predicted octanol–water partition coefficient (Wildman–Crippen LogP) is 0.838. The standard InChI is InChI=1S/C23H36N4O10/c28-17(8-4-1-2-5-9-21(33)37-27-18(29)11-12-19(27)30)24-14-6-3-7-15-25-23(36)26-16(22(34)35)10-13-20(31)32/h16H,1-15H2,(H,24,28)(H,31,32)(H,34,35)(H2,25,26,36)/t16-/m0/s1. The van der Waals surface area contributed by atoms with Crippen molar-refractivity contribution >= 4 is 41.7 Å². The largest absolute Gasteiger partial charge is 0.481 e. The van der Waals surface area contributed by atoms with Crippen molar-refractivity contribution in [3.63, 3.8) is 0 Å². The third-order valence-corrected chi connectivity index (χ3v) is 5.45. The molecule has 1 rings (SSSR count). The number of unbranched alkanes of at least 4 members (excludes halogenated alkanes) is 5. The number of carboxylic acids is 2. The third-order valence-electron chi connectivity index (χ3n) is 5.45. The van der Waals surface area contributed by atoms with Crippen LogP contribution in [0, 0.1) is 0 Å². The molecule has 0 aliphatic carbocycles. The van der Waals surface area contributed by atoms with E-state index < -0.39 is 41.8 Å². The van der Waals surface area contributed by atoms with Crippen LogP contribution in [0.25, 0.3) is 0 Å². The molecule has 14 nitrogen and oxygen atoms in total. The number of amides is 5. The number of rotatable bonds is 19. The molecule has 1 aliphatic heterocycles. The third kappa shape index (κ3) is 14.4. The molecule has 5 N–H and O–H groups in total. The summed E-state index contributed by atoms with van der Waals surface area (Å²) in [6.07, 6.45) is 4.67. The van der Waals surface area contributed by atoms with Gasteiger partial charge in [-0.25, -0.2) is 14.4 Å². The molecule has 0 aromatic rings. The summed E-state index contributed by atoms with van der Waals surface area (Å²) in [6.45, 7) is 0.796. The van der Waals surface area contributed by atoms with E-state index in [9.17, 15) is 33.6 Å². The van der Waals surface area contributed by atoms with Crippen LogP contribution in [0.15, 0.2) is 0 Å². The first kappa shape index (κ1) is 31.3. The molecular weight excluding hydrogens is 492 g/mol. The topological polar surface area (TPSA) is 209 Å². The fourth-order valence-electron chi connectivity index (χ4n) is 3.39. The Morgan fingerprint density at radius 3 is 1.95 bits per heavy atom. The number of hydroxylamine groups is 2. The summed E-state index contributed by atoms with van der Waals surface area (Å²) in [5.41, 5.74) is 0. The van der Waals surface area contributed by atoms with E-state index in [1.165, 1.54) is 0 Å². The van der Waals surface area contributed by atoms with Crippen LogP contribution in [0.1, 0.15) is 83.5 Å². The Morgan fingerprint density at radius 2 is 1.35 bits per heavy atom. The number of nitrogens with one attached hydrogen (secondary N) is 3. The molecule has 208 valence electrons.